The fourth-order valence-electron chi connectivity index (χ4n) is 2.86. The molecule has 3 aromatic rings. The Kier molecular flexibility index (Phi) is 5.11. The highest BCUT2D eigenvalue weighted by molar-refractivity contribution is 6.71. The van der Waals surface area contributed by atoms with Gasteiger partial charge in [-0.25, -0.2) is 9.97 Å². The molecule has 1 aliphatic rings. The number of pyridine rings is 1. The first-order chi connectivity index (χ1) is 13.1. The van der Waals surface area contributed by atoms with Crippen LogP contribution in [0.3, 0.4) is 0 Å². The number of H-pyrrole nitrogens is 1. The number of hydrogen-bond acceptors (Lipinski definition) is 6. The number of imidazole rings is 1. The van der Waals surface area contributed by atoms with Crippen molar-refractivity contribution in [3.63, 3.8) is 0 Å². The molecule has 0 bridgehead atoms. The summed E-state index contributed by atoms with van der Waals surface area (Å²) in [5.74, 6) is 0.411. The monoisotopic (exact) mass is 406 g/mol. The molecule has 3 aromatic heterocycles. The summed E-state index contributed by atoms with van der Waals surface area (Å²) in [7, 11) is 0. The number of rotatable bonds is 6. The first kappa shape index (κ1) is 18.0. The molecule has 0 saturated heterocycles. The Bertz CT molecular complexity index is 985. The molecule has 27 heavy (non-hydrogen) atoms. The molecular weight excluding hydrogens is 391 g/mol. The lowest BCUT2D eigenvalue weighted by molar-refractivity contribution is 0.0953. The summed E-state index contributed by atoms with van der Waals surface area (Å²) in [5, 5.41) is 3.32. The summed E-state index contributed by atoms with van der Waals surface area (Å²) in [6.45, 7) is 1.68. The normalized spacial score (nSPS) is 17.4. The van der Waals surface area contributed by atoms with Gasteiger partial charge in [0.15, 0.2) is 5.65 Å². The number of carbonyl (C=O) groups is 1. The predicted octanol–water partition coefficient (Wildman–Crippen LogP) is 2.81. The Balaban J connectivity index is 1.39. The van der Waals surface area contributed by atoms with Crippen molar-refractivity contribution in [2.75, 3.05) is 19.8 Å². The smallest absolute Gasteiger partial charge is 0.253 e. The molecule has 1 unspecified atom stereocenters. The molecule has 1 amide bonds. The average Bonchev–Trinajstić information content (AvgIpc) is 3.40. The lowest BCUT2D eigenvalue weighted by Gasteiger charge is -2.18. The maximum Gasteiger partial charge on any atom is 0.253 e. The summed E-state index contributed by atoms with van der Waals surface area (Å²) >= 11 is 12.0. The van der Waals surface area contributed by atoms with Crippen LogP contribution in [0.15, 0.2) is 40.3 Å². The number of aromatic amines is 1. The van der Waals surface area contributed by atoms with E-state index >= 15 is 0 Å². The van der Waals surface area contributed by atoms with Crippen LogP contribution in [0, 0.1) is 0 Å². The number of carbonyl (C=O) groups excluding carboxylic acids is 1. The Labute approximate surface area is 164 Å². The van der Waals surface area contributed by atoms with E-state index in [-0.39, 0.29) is 11.4 Å². The number of aliphatic imine (C=N–C) groups is 1. The van der Waals surface area contributed by atoms with Crippen molar-refractivity contribution in [2.45, 2.75) is 11.9 Å². The Morgan fingerprint density at radius 2 is 2.33 bits per heavy atom. The number of nitrogens with zero attached hydrogens (tertiary/aromatic N) is 4. The van der Waals surface area contributed by atoms with Gasteiger partial charge in [-0.1, -0.05) is 23.2 Å². The van der Waals surface area contributed by atoms with Crippen molar-refractivity contribution in [3.8, 4) is 11.4 Å². The zero-order valence-corrected chi connectivity index (χ0v) is 15.7. The second-order valence-electron chi connectivity index (χ2n) is 6.03. The van der Waals surface area contributed by atoms with E-state index in [1.807, 2.05) is 4.90 Å². The molecule has 4 rings (SSSR count). The first-order valence-corrected chi connectivity index (χ1v) is 9.18. The molecular formula is C17H16Cl2N6O2. The number of alkyl halides is 1. The molecule has 0 fully saturated rings. The van der Waals surface area contributed by atoms with Crippen LogP contribution >= 0.6 is 23.2 Å². The van der Waals surface area contributed by atoms with Crippen LogP contribution < -0.4 is 5.32 Å². The van der Waals surface area contributed by atoms with E-state index in [0.717, 1.165) is 12.0 Å². The van der Waals surface area contributed by atoms with Crippen LogP contribution in [0.5, 0.6) is 0 Å². The lowest BCUT2D eigenvalue weighted by atomic mass is 10.2. The van der Waals surface area contributed by atoms with Gasteiger partial charge < -0.3 is 14.7 Å². The zero-order valence-electron chi connectivity index (χ0n) is 14.2. The van der Waals surface area contributed by atoms with Gasteiger partial charge in [0.2, 0.25) is 0 Å². The molecule has 10 heteroatoms. The molecule has 0 aliphatic carbocycles. The van der Waals surface area contributed by atoms with Gasteiger partial charge in [0.25, 0.3) is 5.91 Å². The molecule has 1 atom stereocenters. The van der Waals surface area contributed by atoms with Gasteiger partial charge in [0, 0.05) is 19.3 Å². The molecule has 0 radical (unpaired) electrons. The van der Waals surface area contributed by atoms with Crippen LogP contribution in [0.1, 0.15) is 16.8 Å². The van der Waals surface area contributed by atoms with E-state index < -0.39 is 0 Å². The number of fused-ring (bicyclic) bond motifs is 1. The molecule has 0 aromatic carbocycles. The van der Waals surface area contributed by atoms with Crippen LogP contribution in [-0.4, -0.2) is 56.2 Å². The molecule has 0 saturated carbocycles. The highest BCUT2D eigenvalue weighted by Crippen LogP contribution is 2.22. The first-order valence-electron chi connectivity index (χ1n) is 8.37. The summed E-state index contributed by atoms with van der Waals surface area (Å²) < 4.78 is 5.07. The van der Waals surface area contributed by atoms with Gasteiger partial charge >= 0.3 is 0 Å². The molecule has 8 nitrogen and oxygen atoms in total. The number of amides is 1. The third kappa shape index (κ3) is 3.69. The Morgan fingerprint density at radius 1 is 1.44 bits per heavy atom. The van der Waals surface area contributed by atoms with Crippen molar-refractivity contribution in [3.05, 3.63) is 36.4 Å². The minimum absolute atomic E-state index is 0.192. The summed E-state index contributed by atoms with van der Waals surface area (Å²) in [5.41, 5.74) is 1.97. The van der Waals surface area contributed by atoms with Gasteiger partial charge in [-0.05, 0) is 18.6 Å². The van der Waals surface area contributed by atoms with Gasteiger partial charge in [-0.2, -0.15) is 0 Å². The fraction of sp³-hybridized carbons (Fsp3) is 0.294. The number of hydrogen-bond donors (Lipinski definition) is 2. The van der Waals surface area contributed by atoms with E-state index in [2.05, 4.69) is 25.3 Å². The molecule has 2 N–H and O–H groups in total. The topological polar surface area (TPSA) is 99.4 Å². The summed E-state index contributed by atoms with van der Waals surface area (Å²) in [6, 6.07) is 3.45. The SMILES string of the molecule is O=C(NCCCN1CN=C(Cl)C1Cl)c1ccnc2nc(-c3ccoc3)[nH]c12. The minimum Gasteiger partial charge on any atom is -0.472 e. The number of halogens is 2. The van der Waals surface area contributed by atoms with Gasteiger partial charge in [0.05, 0.1) is 29.6 Å². The summed E-state index contributed by atoms with van der Waals surface area (Å²) in [4.78, 5) is 30.4. The van der Waals surface area contributed by atoms with E-state index in [1.165, 1.54) is 0 Å². The van der Waals surface area contributed by atoms with Gasteiger partial charge in [-0.15, -0.1) is 0 Å². The predicted molar refractivity (Wildman–Crippen MR) is 103 cm³/mol. The third-order valence-corrected chi connectivity index (χ3v) is 5.18. The van der Waals surface area contributed by atoms with E-state index in [9.17, 15) is 4.79 Å². The third-order valence-electron chi connectivity index (χ3n) is 4.26. The number of aromatic nitrogens is 3. The van der Waals surface area contributed by atoms with Crippen molar-refractivity contribution >= 4 is 45.4 Å². The number of furan rings is 1. The van der Waals surface area contributed by atoms with Crippen molar-refractivity contribution < 1.29 is 9.21 Å². The van der Waals surface area contributed by atoms with Crippen LogP contribution in [0.2, 0.25) is 0 Å². The maximum atomic E-state index is 12.6. The molecule has 140 valence electrons. The average molecular weight is 407 g/mol. The highest BCUT2D eigenvalue weighted by Gasteiger charge is 2.25. The molecule has 0 spiro atoms. The van der Waals surface area contributed by atoms with Crippen molar-refractivity contribution in [1.29, 1.82) is 0 Å². The van der Waals surface area contributed by atoms with Gasteiger partial charge in [0.1, 0.15) is 22.8 Å². The van der Waals surface area contributed by atoms with Crippen LogP contribution in [0.25, 0.3) is 22.6 Å². The maximum absolute atomic E-state index is 12.6. The summed E-state index contributed by atoms with van der Waals surface area (Å²) in [6.07, 6.45) is 5.44. The zero-order chi connectivity index (χ0) is 18.8. The van der Waals surface area contributed by atoms with E-state index in [1.54, 1.807) is 30.9 Å². The van der Waals surface area contributed by atoms with E-state index in [0.29, 0.717) is 47.5 Å². The highest BCUT2D eigenvalue weighted by atomic mass is 35.5. The molecule has 4 heterocycles. The van der Waals surface area contributed by atoms with E-state index in [4.69, 9.17) is 27.6 Å². The number of nitrogens with one attached hydrogen (secondary N) is 2. The molecule has 1 aliphatic heterocycles. The standard InChI is InChI=1S/C17H16Cl2N6O2/c18-13-14(19)25(9-22-13)6-1-4-21-17(26)11-2-5-20-16-12(11)23-15(24-16)10-3-7-27-8-10/h2-3,5,7-8,14H,1,4,6,9H2,(H,21,26)(H,20,23,24). The van der Waals surface area contributed by atoms with Crippen molar-refractivity contribution in [1.82, 2.24) is 25.2 Å². The fourth-order valence-corrected chi connectivity index (χ4v) is 3.28. The second kappa shape index (κ2) is 7.67. The largest absolute Gasteiger partial charge is 0.472 e. The second-order valence-corrected chi connectivity index (χ2v) is 6.84. The minimum atomic E-state index is -0.381. The van der Waals surface area contributed by atoms with Gasteiger partial charge in [-0.3, -0.25) is 14.7 Å². The quantitative estimate of drug-likeness (QED) is 0.372. The van der Waals surface area contributed by atoms with Crippen LogP contribution in [0.4, 0.5) is 0 Å². The van der Waals surface area contributed by atoms with Crippen LogP contribution in [-0.2, 0) is 0 Å². The lowest BCUT2D eigenvalue weighted by Crippen LogP contribution is -2.33. The Hall–Kier alpha value is -2.42. The van der Waals surface area contributed by atoms with Crippen molar-refractivity contribution in [2.24, 2.45) is 4.99 Å². The Morgan fingerprint density at radius 3 is 3.07 bits per heavy atom.